The molecule has 0 fully saturated rings. The van der Waals surface area contributed by atoms with E-state index in [-0.39, 0.29) is 5.38 Å². The van der Waals surface area contributed by atoms with Crippen LogP contribution in [0.15, 0.2) is 15.9 Å². The molecule has 1 atom stereocenters. The van der Waals surface area contributed by atoms with Gasteiger partial charge in [-0.25, -0.2) is 0 Å². The van der Waals surface area contributed by atoms with Crippen molar-refractivity contribution in [2.45, 2.75) is 18.7 Å². The molecule has 0 bridgehead atoms. The molecule has 0 aromatic carbocycles. The molecule has 56 valence electrons. The predicted molar refractivity (Wildman–Crippen MR) is 50.9 cm³/mol. The van der Waals surface area contributed by atoms with Crippen molar-refractivity contribution in [2.75, 3.05) is 0 Å². The molecule has 0 aliphatic heterocycles. The molecule has 0 nitrogen and oxygen atoms in total. The number of rotatable bonds is 2. The zero-order chi connectivity index (χ0) is 7.56. The summed E-state index contributed by atoms with van der Waals surface area (Å²) in [5.41, 5.74) is 0. The lowest BCUT2D eigenvalue weighted by atomic mass is 10.3. The molecule has 0 amide bonds. The maximum atomic E-state index is 5.99. The van der Waals surface area contributed by atoms with E-state index in [0.717, 1.165) is 10.2 Å². The summed E-state index contributed by atoms with van der Waals surface area (Å²) < 4.78 is 1.15. The average Bonchev–Trinajstić information content (AvgIpc) is 2.34. The summed E-state index contributed by atoms with van der Waals surface area (Å²) >= 11 is 11.1. The van der Waals surface area contributed by atoms with Gasteiger partial charge in [0.2, 0.25) is 0 Å². The van der Waals surface area contributed by atoms with Gasteiger partial charge >= 0.3 is 0 Å². The van der Waals surface area contributed by atoms with Crippen LogP contribution >= 0.6 is 38.9 Å². The highest BCUT2D eigenvalue weighted by atomic mass is 79.9. The van der Waals surface area contributed by atoms with Crippen LogP contribution in [0.3, 0.4) is 0 Å². The minimum Gasteiger partial charge on any atom is -0.132 e. The van der Waals surface area contributed by atoms with E-state index in [4.69, 9.17) is 11.6 Å². The van der Waals surface area contributed by atoms with E-state index in [1.54, 1.807) is 11.3 Å². The highest BCUT2D eigenvalue weighted by Crippen LogP contribution is 2.32. The Morgan fingerprint density at radius 1 is 1.70 bits per heavy atom. The van der Waals surface area contributed by atoms with Gasteiger partial charge in [0, 0.05) is 4.88 Å². The number of hydrogen-bond donors (Lipinski definition) is 0. The number of thiophene rings is 1. The lowest BCUT2D eigenvalue weighted by Gasteiger charge is -1.99. The van der Waals surface area contributed by atoms with Crippen molar-refractivity contribution in [1.29, 1.82) is 0 Å². The Kier molecular flexibility index (Phi) is 3.21. The topological polar surface area (TPSA) is 0 Å². The summed E-state index contributed by atoms with van der Waals surface area (Å²) in [6.45, 7) is 2.09. The smallest absolute Gasteiger partial charge is 0.0701 e. The summed E-state index contributed by atoms with van der Waals surface area (Å²) in [6.07, 6.45) is 0.995. The van der Waals surface area contributed by atoms with Crippen LogP contribution in [0.5, 0.6) is 0 Å². The fraction of sp³-hybridized carbons (Fsp3) is 0.429. The highest BCUT2D eigenvalue weighted by Gasteiger charge is 2.06. The molecular formula is C7H8BrClS. The monoisotopic (exact) mass is 238 g/mol. The second kappa shape index (κ2) is 3.74. The number of hydrogen-bond acceptors (Lipinski definition) is 1. The standard InChI is InChI=1S/C7H8BrClS/c1-2-5(9)6-3-4-7(8)10-6/h3-5H,2H2,1H3. The van der Waals surface area contributed by atoms with Crippen molar-refractivity contribution < 1.29 is 0 Å². The van der Waals surface area contributed by atoms with E-state index in [9.17, 15) is 0 Å². The fourth-order valence-electron chi connectivity index (χ4n) is 0.698. The van der Waals surface area contributed by atoms with Gasteiger partial charge in [0.15, 0.2) is 0 Å². The van der Waals surface area contributed by atoms with Crippen molar-refractivity contribution >= 4 is 38.9 Å². The van der Waals surface area contributed by atoms with Crippen LogP contribution in [0.25, 0.3) is 0 Å². The first-order valence-electron chi connectivity index (χ1n) is 3.13. The van der Waals surface area contributed by atoms with Gasteiger partial charge in [0.25, 0.3) is 0 Å². The van der Waals surface area contributed by atoms with Gasteiger partial charge in [0.05, 0.1) is 9.16 Å². The minimum absolute atomic E-state index is 0.191. The van der Waals surface area contributed by atoms with E-state index in [1.165, 1.54) is 4.88 Å². The summed E-state index contributed by atoms with van der Waals surface area (Å²) in [5, 5.41) is 0.191. The van der Waals surface area contributed by atoms with Gasteiger partial charge in [-0.15, -0.1) is 22.9 Å². The molecule has 1 unspecified atom stereocenters. The quantitative estimate of drug-likeness (QED) is 0.679. The largest absolute Gasteiger partial charge is 0.132 e. The van der Waals surface area contributed by atoms with Crippen molar-refractivity contribution in [3.63, 3.8) is 0 Å². The molecule has 0 radical (unpaired) electrons. The SMILES string of the molecule is CCC(Cl)c1ccc(Br)s1. The van der Waals surface area contributed by atoms with Gasteiger partial charge in [-0.2, -0.15) is 0 Å². The maximum Gasteiger partial charge on any atom is 0.0701 e. The molecule has 0 saturated carbocycles. The summed E-state index contributed by atoms with van der Waals surface area (Å²) in [6, 6.07) is 4.10. The first-order valence-corrected chi connectivity index (χ1v) is 5.18. The molecule has 1 heterocycles. The van der Waals surface area contributed by atoms with Crippen LogP contribution in [-0.2, 0) is 0 Å². The van der Waals surface area contributed by atoms with Crippen molar-refractivity contribution in [3.05, 3.63) is 20.8 Å². The summed E-state index contributed by atoms with van der Waals surface area (Å²) in [4.78, 5) is 1.25. The maximum absolute atomic E-state index is 5.99. The van der Waals surface area contributed by atoms with Crippen LogP contribution in [0.4, 0.5) is 0 Å². The lowest BCUT2D eigenvalue weighted by Crippen LogP contribution is -1.80. The molecule has 1 aromatic heterocycles. The molecule has 0 spiro atoms. The third-order valence-corrected chi connectivity index (χ3v) is 3.67. The van der Waals surface area contributed by atoms with Crippen molar-refractivity contribution in [2.24, 2.45) is 0 Å². The zero-order valence-corrected chi connectivity index (χ0v) is 8.76. The molecular weight excluding hydrogens is 232 g/mol. The summed E-state index contributed by atoms with van der Waals surface area (Å²) in [7, 11) is 0. The second-order valence-corrected chi connectivity index (χ2v) is 5.04. The van der Waals surface area contributed by atoms with Gasteiger partial charge in [0.1, 0.15) is 0 Å². The van der Waals surface area contributed by atoms with E-state index in [0.29, 0.717) is 0 Å². The van der Waals surface area contributed by atoms with E-state index < -0.39 is 0 Å². The van der Waals surface area contributed by atoms with Gasteiger partial charge in [-0.05, 0) is 34.5 Å². The predicted octanol–water partition coefficient (Wildman–Crippen LogP) is 4.20. The zero-order valence-electron chi connectivity index (χ0n) is 5.60. The molecule has 0 aliphatic rings. The Balaban J connectivity index is 2.74. The minimum atomic E-state index is 0.191. The third-order valence-electron chi connectivity index (χ3n) is 1.26. The van der Waals surface area contributed by atoms with Gasteiger partial charge in [-0.3, -0.25) is 0 Å². The second-order valence-electron chi connectivity index (χ2n) is 2.02. The fourth-order valence-corrected chi connectivity index (χ4v) is 2.39. The van der Waals surface area contributed by atoms with Crippen LogP contribution in [0, 0.1) is 0 Å². The molecule has 10 heavy (non-hydrogen) atoms. The van der Waals surface area contributed by atoms with Crippen LogP contribution < -0.4 is 0 Å². The first-order chi connectivity index (χ1) is 4.74. The normalized spacial score (nSPS) is 13.5. The van der Waals surface area contributed by atoms with E-state index >= 15 is 0 Å². The molecule has 0 aliphatic carbocycles. The van der Waals surface area contributed by atoms with E-state index in [1.807, 2.05) is 6.07 Å². The van der Waals surface area contributed by atoms with Crippen LogP contribution in [0.1, 0.15) is 23.6 Å². The lowest BCUT2D eigenvalue weighted by molar-refractivity contribution is 0.901. The van der Waals surface area contributed by atoms with Crippen molar-refractivity contribution in [3.8, 4) is 0 Å². The van der Waals surface area contributed by atoms with Crippen molar-refractivity contribution in [1.82, 2.24) is 0 Å². The summed E-state index contributed by atoms with van der Waals surface area (Å²) in [5.74, 6) is 0. The Morgan fingerprint density at radius 2 is 2.40 bits per heavy atom. The molecule has 1 rings (SSSR count). The van der Waals surface area contributed by atoms with Crippen LogP contribution in [-0.4, -0.2) is 0 Å². The van der Waals surface area contributed by atoms with Gasteiger partial charge < -0.3 is 0 Å². The van der Waals surface area contributed by atoms with Gasteiger partial charge in [-0.1, -0.05) is 6.92 Å². The Labute approximate surface area is 78.3 Å². The highest BCUT2D eigenvalue weighted by molar-refractivity contribution is 9.11. The number of halogens is 2. The molecule has 0 N–H and O–H groups in total. The number of alkyl halides is 1. The Bertz CT molecular complexity index is 209. The Hall–Kier alpha value is 0.470. The van der Waals surface area contributed by atoms with Crippen LogP contribution in [0.2, 0.25) is 0 Å². The molecule has 1 aromatic rings. The first kappa shape index (κ1) is 8.57. The molecule has 0 saturated heterocycles. The van der Waals surface area contributed by atoms with E-state index in [2.05, 4.69) is 28.9 Å². The Morgan fingerprint density at radius 3 is 2.80 bits per heavy atom. The average molecular weight is 240 g/mol. The third kappa shape index (κ3) is 1.97. The molecule has 3 heteroatoms.